The SMILES string of the molecule is CC[C@H](C)[C@@H](NC(=O)CCC(=O)N[C@H](C)c1ccccc1)C(N)=O. The van der Waals surface area contributed by atoms with Gasteiger partial charge in [0.25, 0.3) is 0 Å². The van der Waals surface area contributed by atoms with Crippen molar-refractivity contribution < 1.29 is 14.4 Å². The number of nitrogens with two attached hydrogens (primary N) is 1. The zero-order valence-electron chi connectivity index (χ0n) is 14.5. The highest BCUT2D eigenvalue weighted by Gasteiger charge is 2.23. The first kappa shape index (κ1) is 19.7. The number of amides is 3. The van der Waals surface area contributed by atoms with Crippen molar-refractivity contribution >= 4 is 17.7 Å². The minimum atomic E-state index is -0.700. The average molecular weight is 333 g/mol. The molecule has 0 radical (unpaired) electrons. The number of hydrogen-bond acceptors (Lipinski definition) is 3. The van der Waals surface area contributed by atoms with Crippen molar-refractivity contribution in [2.24, 2.45) is 11.7 Å². The zero-order valence-corrected chi connectivity index (χ0v) is 14.5. The van der Waals surface area contributed by atoms with Gasteiger partial charge in [0.2, 0.25) is 17.7 Å². The first-order valence-electron chi connectivity index (χ1n) is 8.28. The van der Waals surface area contributed by atoms with Crippen LogP contribution in [0, 0.1) is 5.92 Å². The summed E-state index contributed by atoms with van der Waals surface area (Å²) in [5.74, 6) is -1.15. The highest BCUT2D eigenvalue weighted by atomic mass is 16.2. The molecule has 1 rings (SSSR count). The van der Waals surface area contributed by atoms with Gasteiger partial charge >= 0.3 is 0 Å². The molecule has 1 aromatic carbocycles. The van der Waals surface area contributed by atoms with Crippen molar-refractivity contribution in [3.63, 3.8) is 0 Å². The van der Waals surface area contributed by atoms with E-state index in [4.69, 9.17) is 5.73 Å². The lowest BCUT2D eigenvalue weighted by molar-refractivity contribution is -0.130. The third-order valence-electron chi connectivity index (χ3n) is 4.09. The largest absolute Gasteiger partial charge is 0.368 e. The van der Waals surface area contributed by atoms with Gasteiger partial charge in [-0.1, -0.05) is 50.6 Å². The van der Waals surface area contributed by atoms with E-state index in [0.29, 0.717) is 0 Å². The van der Waals surface area contributed by atoms with E-state index in [9.17, 15) is 14.4 Å². The monoisotopic (exact) mass is 333 g/mol. The van der Waals surface area contributed by atoms with E-state index >= 15 is 0 Å². The molecule has 0 unspecified atom stereocenters. The standard InChI is InChI=1S/C18H27N3O3/c1-4-12(2)17(18(19)24)21-16(23)11-10-15(22)20-13(3)14-8-6-5-7-9-14/h5-9,12-13,17H,4,10-11H2,1-3H3,(H2,19,24)(H,20,22)(H,21,23)/t12-,13+,17+/m0/s1. The minimum Gasteiger partial charge on any atom is -0.368 e. The Kier molecular flexibility index (Phi) is 7.95. The molecule has 6 nitrogen and oxygen atoms in total. The Balaban J connectivity index is 2.43. The number of hydrogen-bond donors (Lipinski definition) is 3. The molecule has 0 aromatic heterocycles. The van der Waals surface area contributed by atoms with Gasteiger partial charge in [-0.05, 0) is 18.4 Å². The van der Waals surface area contributed by atoms with Gasteiger partial charge in [-0.15, -0.1) is 0 Å². The third kappa shape index (κ3) is 6.40. The van der Waals surface area contributed by atoms with Crippen LogP contribution in [-0.2, 0) is 14.4 Å². The van der Waals surface area contributed by atoms with E-state index in [1.807, 2.05) is 51.1 Å². The third-order valence-corrected chi connectivity index (χ3v) is 4.09. The fourth-order valence-electron chi connectivity index (χ4n) is 2.34. The van der Waals surface area contributed by atoms with Crippen LogP contribution in [0.1, 0.15) is 51.6 Å². The molecule has 3 amide bonds. The normalized spacial score (nSPS) is 14.3. The van der Waals surface area contributed by atoms with Crippen molar-refractivity contribution in [2.45, 2.75) is 52.1 Å². The van der Waals surface area contributed by atoms with Crippen LogP contribution in [0.2, 0.25) is 0 Å². The molecule has 3 atom stereocenters. The molecular formula is C18H27N3O3. The fraction of sp³-hybridized carbons (Fsp3) is 0.500. The molecular weight excluding hydrogens is 306 g/mol. The van der Waals surface area contributed by atoms with Gasteiger partial charge < -0.3 is 16.4 Å². The smallest absolute Gasteiger partial charge is 0.240 e. The lowest BCUT2D eigenvalue weighted by Crippen LogP contribution is -2.48. The number of rotatable bonds is 9. The fourth-order valence-corrected chi connectivity index (χ4v) is 2.34. The number of carbonyl (C=O) groups is 3. The number of benzene rings is 1. The van der Waals surface area contributed by atoms with Crippen LogP contribution < -0.4 is 16.4 Å². The maximum atomic E-state index is 12.0. The number of nitrogens with one attached hydrogen (secondary N) is 2. The summed E-state index contributed by atoms with van der Waals surface area (Å²) in [6.45, 7) is 5.66. The predicted octanol–water partition coefficient (Wildman–Crippen LogP) is 1.66. The highest BCUT2D eigenvalue weighted by molar-refractivity contribution is 5.88. The minimum absolute atomic E-state index is 0.0214. The quantitative estimate of drug-likeness (QED) is 0.640. The molecule has 0 aliphatic carbocycles. The Morgan fingerprint density at radius 3 is 2.04 bits per heavy atom. The molecule has 0 heterocycles. The molecule has 0 fully saturated rings. The molecule has 0 aliphatic heterocycles. The number of primary amides is 1. The maximum Gasteiger partial charge on any atom is 0.240 e. The van der Waals surface area contributed by atoms with Gasteiger partial charge in [0, 0.05) is 12.8 Å². The van der Waals surface area contributed by atoms with Gasteiger partial charge in [-0.2, -0.15) is 0 Å². The van der Waals surface area contributed by atoms with Crippen molar-refractivity contribution in [2.75, 3.05) is 0 Å². The highest BCUT2D eigenvalue weighted by Crippen LogP contribution is 2.11. The van der Waals surface area contributed by atoms with Crippen molar-refractivity contribution in [3.05, 3.63) is 35.9 Å². The van der Waals surface area contributed by atoms with Crippen molar-refractivity contribution in [1.82, 2.24) is 10.6 Å². The molecule has 0 bridgehead atoms. The second kappa shape index (κ2) is 9.70. The van der Waals surface area contributed by atoms with Crippen LogP contribution in [-0.4, -0.2) is 23.8 Å². The van der Waals surface area contributed by atoms with Gasteiger partial charge in [0.05, 0.1) is 6.04 Å². The Morgan fingerprint density at radius 1 is 1.00 bits per heavy atom. The first-order valence-corrected chi connectivity index (χ1v) is 8.28. The predicted molar refractivity (Wildman–Crippen MR) is 92.8 cm³/mol. The van der Waals surface area contributed by atoms with E-state index in [2.05, 4.69) is 10.6 Å². The van der Waals surface area contributed by atoms with Crippen LogP contribution in [0.4, 0.5) is 0 Å². The Labute approximate surface area is 143 Å². The molecule has 24 heavy (non-hydrogen) atoms. The van der Waals surface area contributed by atoms with Gasteiger partial charge in [-0.3, -0.25) is 14.4 Å². The molecule has 1 aromatic rings. The maximum absolute atomic E-state index is 12.0. The lowest BCUT2D eigenvalue weighted by atomic mass is 9.98. The average Bonchev–Trinajstić information content (AvgIpc) is 2.57. The summed E-state index contributed by atoms with van der Waals surface area (Å²) >= 11 is 0. The van der Waals surface area contributed by atoms with Gasteiger partial charge in [-0.25, -0.2) is 0 Å². The topological polar surface area (TPSA) is 101 Å². The molecule has 0 spiro atoms. The second-order valence-corrected chi connectivity index (χ2v) is 6.03. The summed E-state index contributed by atoms with van der Waals surface area (Å²) in [4.78, 5) is 35.3. The molecule has 6 heteroatoms. The van der Waals surface area contributed by atoms with Gasteiger partial charge in [0.1, 0.15) is 6.04 Å². The van der Waals surface area contributed by atoms with E-state index in [1.165, 1.54) is 0 Å². The van der Waals surface area contributed by atoms with E-state index in [1.54, 1.807) is 0 Å². The summed E-state index contributed by atoms with van der Waals surface area (Å²) in [5, 5.41) is 5.47. The summed E-state index contributed by atoms with van der Waals surface area (Å²) in [6, 6.07) is 8.76. The summed E-state index contributed by atoms with van der Waals surface area (Å²) in [6.07, 6.45) is 0.811. The molecule has 4 N–H and O–H groups in total. The van der Waals surface area contributed by atoms with E-state index < -0.39 is 11.9 Å². The van der Waals surface area contributed by atoms with Crippen LogP contribution >= 0.6 is 0 Å². The summed E-state index contributed by atoms with van der Waals surface area (Å²) < 4.78 is 0. The van der Waals surface area contributed by atoms with Crippen LogP contribution in [0.3, 0.4) is 0 Å². The lowest BCUT2D eigenvalue weighted by Gasteiger charge is -2.21. The van der Waals surface area contributed by atoms with Crippen molar-refractivity contribution in [3.8, 4) is 0 Å². The van der Waals surface area contributed by atoms with E-state index in [0.717, 1.165) is 12.0 Å². The second-order valence-electron chi connectivity index (χ2n) is 6.03. The molecule has 0 saturated heterocycles. The molecule has 0 aliphatic rings. The first-order chi connectivity index (χ1) is 11.3. The van der Waals surface area contributed by atoms with Crippen LogP contribution in [0.15, 0.2) is 30.3 Å². The number of carbonyl (C=O) groups excluding carboxylic acids is 3. The Morgan fingerprint density at radius 2 is 1.54 bits per heavy atom. The summed E-state index contributed by atoms with van der Waals surface area (Å²) in [7, 11) is 0. The van der Waals surface area contributed by atoms with Crippen LogP contribution in [0.25, 0.3) is 0 Å². The molecule has 0 saturated carbocycles. The Bertz CT molecular complexity index is 560. The molecule has 132 valence electrons. The Hall–Kier alpha value is -2.37. The van der Waals surface area contributed by atoms with Gasteiger partial charge in [0.15, 0.2) is 0 Å². The summed E-state index contributed by atoms with van der Waals surface area (Å²) in [5.41, 5.74) is 6.32. The van der Waals surface area contributed by atoms with Crippen LogP contribution in [0.5, 0.6) is 0 Å². The van der Waals surface area contributed by atoms with Crippen molar-refractivity contribution in [1.29, 1.82) is 0 Å². The van der Waals surface area contributed by atoms with E-state index in [-0.39, 0.29) is 36.6 Å². The zero-order chi connectivity index (χ0) is 18.1.